The molecule has 0 fully saturated rings. The van der Waals surface area contributed by atoms with Crippen LogP contribution in [0.3, 0.4) is 0 Å². The zero-order chi connectivity index (χ0) is 11.5. The molecule has 0 amide bonds. The van der Waals surface area contributed by atoms with E-state index >= 15 is 0 Å². The Morgan fingerprint density at radius 2 is 1.75 bits per heavy atom. The predicted octanol–water partition coefficient (Wildman–Crippen LogP) is 1.19. The van der Waals surface area contributed by atoms with Gasteiger partial charge in [0.25, 0.3) is 0 Å². The summed E-state index contributed by atoms with van der Waals surface area (Å²) in [5, 5.41) is 18.4. The second kappa shape index (κ2) is 4.78. The number of hydrogen-bond donors (Lipinski definition) is 2. The Morgan fingerprint density at radius 1 is 1.06 bits per heavy atom. The molecule has 1 aromatic carbocycles. The first kappa shape index (κ1) is 11.3. The Labute approximate surface area is 102 Å². The smallest absolute Gasteiger partial charge is 0.422 e. The maximum atomic E-state index is 9.20. The Bertz CT molecular complexity index is 488. The van der Waals surface area contributed by atoms with Gasteiger partial charge in [0, 0.05) is 10.7 Å². The first-order chi connectivity index (χ1) is 7.68. The molecule has 16 heavy (non-hydrogen) atoms. The van der Waals surface area contributed by atoms with Crippen molar-refractivity contribution in [3.05, 3.63) is 47.1 Å². The highest BCUT2D eigenvalue weighted by molar-refractivity contribution is 9.10. The highest BCUT2D eigenvalue weighted by Gasteiger charge is 2.17. The van der Waals surface area contributed by atoms with Crippen LogP contribution in [0.25, 0.3) is 11.1 Å². The summed E-state index contributed by atoms with van der Waals surface area (Å²) in [6.45, 7) is 0. The molecule has 1 aromatic heterocycles. The van der Waals surface area contributed by atoms with Gasteiger partial charge in [0.05, 0.1) is 5.59 Å². The zero-order valence-corrected chi connectivity index (χ0v) is 9.92. The minimum atomic E-state index is -1.56. The predicted molar refractivity (Wildman–Crippen MR) is 67.2 cm³/mol. The number of hydrogen-bond acceptors (Lipinski definition) is 3. The van der Waals surface area contributed by atoms with Crippen molar-refractivity contribution in [1.29, 1.82) is 0 Å². The Hall–Kier alpha value is -1.17. The van der Waals surface area contributed by atoms with E-state index in [4.69, 9.17) is 0 Å². The fourth-order valence-electron chi connectivity index (χ4n) is 1.50. The number of nitrogens with zero attached hydrogens (tertiary/aromatic N) is 1. The van der Waals surface area contributed by atoms with E-state index in [1.165, 1.54) is 6.20 Å². The molecule has 0 saturated carbocycles. The molecule has 0 aliphatic carbocycles. The summed E-state index contributed by atoms with van der Waals surface area (Å²) in [4.78, 5) is 3.97. The van der Waals surface area contributed by atoms with E-state index in [2.05, 4.69) is 20.9 Å². The summed E-state index contributed by atoms with van der Waals surface area (Å²) in [5.41, 5.74) is 1.90. The first-order valence-electron chi connectivity index (χ1n) is 4.75. The third-order valence-corrected chi connectivity index (χ3v) is 2.77. The SMILES string of the molecule is OB(O)c1ncccc1-c1ccc(Br)cc1. The molecule has 0 unspecified atom stereocenters. The maximum Gasteiger partial charge on any atom is 0.508 e. The highest BCUT2D eigenvalue weighted by atomic mass is 79.9. The minimum absolute atomic E-state index is 0.268. The van der Waals surface area contributed by atoms with Crippen molar-refractivity contribution in [1.82, 2.24) is 4.98 Å². The lowest BCUT2D eigenvalue weighted by Gasteiger charge is -2.07. The van der Waals surface area contributed by atoms with E-state index in [9.17, 15) is 10.0 Å². The van der Waals surface area contributed by atoms with Gasteiger partial charge in [-0.15, -0.1) is 0 Å². The monoisotopic (exact) mass is 277 g/mol. The topological polar surface area (TPSA) is 53.4 Å². The molecule has 5 heteroatoms. The van der Waals surface area contributed by atoms with Gasteiger partial charge in [0.2, 0.25) is 0 Å². The van der Waals surface area contributed by atoms with Gasteiger partial charge in [-0.2, -0.15) is 0 Å². The standard InChI is InChI=1S/C11H9BBrNO2/c13-9-5-3-8(4-6-9)10-2-1-7-14-11(10)12(15)16/h1-7,15-16H. The lowest BCUT2D eigenvalue weighted by atomic mass is 9.80. The van der Waals surface area contributed by atoms with E-state index < -0.39 is 7.12 Å². The van der Waals surface area contributed by atoms with E-state index in [1.54, 1.807) is 6.07 Å². The summed E-state index contributed by atoms with van der Waals surface area (Å²) < 4.78 is 0.978. The highest BCUT2D eigenvalue weighted by Crippen LogP contribution is 2.19. The number of pyridine rings is 1. The second-order valence-corrected chi connectivity index (χ2v) is 4.23. The molecule has 0 radical (unpaired) electrons. The Morgan fingerprint density at radius 3 is 2.38 bits per heavy atom. The number of halogens is 1. The van der Waals surface area contributed by atoms with Crippen LogP contribution >= 0.6 is 15.9 Å². The summed E-state index contributed by atoms with van der Waals surface area (Å²) in [6, 6.07) is 11.2. The zero-order valence-electron chi connectivity index (χ0n) is 8.34. The van der Waals surface area contributed by atoms with Gasteiger partial charge >= 0.3 is 7.12 Å². The fraction of sp³-hybridized carbons (Fsp3) is 0. The average molecular weight is 278 g/mol. The van der Waals surface area contributed by atoms with Crippen LogP contribution in [0.4, 0.5) is 0 Å². The van der Waals surface area contributed by atoms with Crippen LogP contribution in [-0.4, -0.2) is 22.2 Å². The lowest BCUT2D eigenvalue weighted by Crippen LogP contribution is -2.34. The summed E-state index contributed by atoms with van der Waals surface area (Å²) in [5.74, 6) is 0. The fourth-order valence-corrected chi connectivity index (χ4v) is 1.76. The van der Waals surface area contributed by atoms with Crippen molar-refractivity contribution in [2.75, 3.05) is 0 Å². The molecular formula is C11H9BBrNO2. The largest absolute Gasteiger partial charge is 0.508 e. The molecule has 2 rings (SSSR count). The van der Waals surface area contributed by atoms with Gasteiger partial charge in [0.1, 0.15) is 0 Å². The Kier molecular flexibility index (Phi) is 3.38. The van der Waals surface area contributed by atoms with Crippen molar-refractivity contribution in [2.45, 2.75) is 0 Å². The first-order valence-corrected chi connectivity index (χ1v) is 5.55. The van der Waals surface area contributed by atoms with Crippen LogP contribution in [0.1, 0.15) is 0 Å². The van der Waals surface area contributed by atoms with Crippen LogP contribution in [-0.2, 0) is 0 Å². The number of benzene rings is 1. The van der Waals surface area contributed by atoms with Gasteiger partial charge in [-0.3, -0.25) is 4.98 Å². The third kappa shape index (κ3) is 2.32. The van der Waals surface area contributed by atoms with E-state index in [0.717, 1.165) is 15.6 Å². The van der Waals surface area contributed by atoms with E-state index in [-0.39, 0.29) is 5.59 Å². The van der Waals surface area contributed by atoms with Crippen LogP contribution < -0.4 is 5.59 Å². The van der Waals surface area contributed by atoms with Gasteiger partial charge in [-0.05, 0) is 29.3 Å². The molecule has 0 aliphatic rings. The Balaban J connectivity index is 2.51. The van der Waals surface area contributed by atoms with Crippen molar-refractivity contribution in [3.63, 3.8) is 0 Å². The van der Waals surface area contributed by atoms with Gasteiger partial charge in [-0.25, -0.2) is 0 Å². The van der Waals surface area contributed by atoms with Crippen molar-refractivity contribution in [2.24, 2.45) is 0 Å². The van der Waals surface area contributed by atoms with Crippen LogP contribution in [0.5, 0.6) is 0 Å². The minimum Gasteiger partial charge on any atom is -0.422 e. The van der Waals surface area contributed by atoms with Gasteiger partial charge in [-0.1, -0.05) is 34.1 Å². The van der Waals surface area contributed by atoms with Crippen LogP contribution in [0.15, 0.2) is 47.1 Å². The van der Waals surface area contributed by atoms with Crippen molar-refractivity contribution < 1.29 is 10.0 Å². The molecule has 3 nitrogen and oxygen atoms in total. The number of rotatable bonds is 2. The molecule has 2 N–H and O–H groups in total. The number of aromatic nitrogens is 1. The molecule has 1 heterocycles. The summed E-state index contributed by atoms with van der Waals surface area (Å²) >= 11 is 3.35. The normalized spacial score (nSPS) is 10.2. The molecular weight excluding hydrogens is 269 g/mol. The average Bonchev–Trinajstić information content (AvgIpc) is 2.30. The van der Waals surface area contributed by atoms with E-state index in [1.807, 2.05) is 30.3 Å². The lowest BCUT2D eigenvalue weighted by molar-refractivity contribution is 0.424. The maximum absolute atomic E-state index is 9.20. The van der Waals surface area contributed by atoms with Crippen molar-refractivity contribution in [3.8, 4) is 11.1 Å². The van der Waals surface area contributed by atoms with Gasteiger partial charge < -0.3 is 10.0 Å². The van der Waals surface area contributed by atoms with Crippen LogP contribution in [0, 0.1) is 0 Å². The molecule has 80 valence electrons. The molecule has 2 aromatic rings. The summed E-state index contributed by atoms with van der Waals surface area (Å²) in [6.07, 6.45) is 1.54. The van der Waals surface area contributed by atoms with Crippen LogP contribution in [0.2, 0.25) is 0 Å². The van der Waals surface area contributed by atoms with Gasteiger partial charge in [0.15, 0.2) is 0 Å². The molecule has 0 spiro atoms. The molecule has 0 aliphatic heterocycles. The van der Waals surface area contributed by atoms with E-state index in [0.29, 0.717) is 0 Å². The molecule has 0 saturated heterocycles. The van der Waals surface area contributed by atoms with Crippen molar-refractivity contribution >= 4 is 28.6 Å². The third-order valence-electron chi connectivity index (χ3n) is 2.24. The molecule has 0 atom stereocenters. The quantitative estimate of drug-likeness (QED) is 0.811. The summed E-state index contributed by atoms with van der Waals surface area (Å²) in [7, 11) is -1.56. The second-order valence-electron chi connectivity index (χ2n) is 3.32. The molecule has 0 bridgehead atoms.